The van der Waals surface area contributed by atoms with Crippen LogP contribution in [-0.4, -0.2) is 26.0 Å². The van der Waals surface area contributed by atoms with Crippen molar-refractivity contribution in [3.8, 4) is 5.75 Å². The van der Waals surface area contributed by atoms with Crippen LogP contribution in [0.2, 0.25) is 0 Å². The highest BCUT2D eigenvalue weighted by molar-refractivity contribution is 5.80. The van der Waals surface area contributed by atoms with Gasteiger partial charge in [-0.3, -0.25) is 0 Å². The summed E-state index contributed by atoms with van der Waals surface area (Å²) in [5.74, 6) is 0.824. The van der Waals surface area contributed by atoms with Crippen LogP contribution in [0.25, 0.3) is 0 Å². The Morgan fingerprint density at radius 1 is 1.41 bits per heavy atom. The molecule has 0 spiro atoms. The van der Waals surface area contributed by atoms with Crippen LogP contribution in [0.15, 0.2) is 29.4 Å². The summed E-state index contributed by atoms with van der Waals surface area (Å²) in [6.07, 6.45) is 1.91. The lowest BCUT2D eigenvalue weighted by Gasteiger charge is -2.03. The lowest BCUT2D eigenvalue weighted by molar-refractivity contribution is 0.171. The summed E-state index contributed by atoms with van der Waals surface area (Å²) >= 11 is 0. The summed E-state index contributed by atoms with van der Waals surface area (Å²) in [4.78, 5) is 10.7. The van der Waals surface area contributed by atoms with Crippen LogP contribution in [0.1, 0.15) is 18.9 Å². The van der Waals surface area contributed by atoms with E-state index in [1.165, 1.54) is 13.3 Å². The molecule has 0 fully saturated rings. The van der Waals surface area contributed by atoms with Gasteiger partial charge in [0, 0.05) is 0 Å². The van der Waals surface area contributed by atoms with E-state index >= 15 is 0 Å². The number of nitrogens with zero attached hydrogens (tertiary/aromatic N) is 1. The van der Waals surface area contributed by atoms with Gasteiger partial charge in [0.05, 0.1) is 19.9 Å². The zero-order valence-corrected chi connectivity index (χ0v) is 9.97. The Balaban J connectivity index is 2.47. The van der Waals surface area contributed by atoms with Crippen LogP contribution in [0.5, 0.6) is 5.75 Å². The van der Waals surface area contributed by atoms with Gasteiger partial charge in [0.1, 0.15) is 5.75 Å². The fraction of sp³-hybridized carbons (Fsp3) is 0.333. The molecule has 1 amide bonds. The molecule has 0 saturated carbocycles. The zero-order valence-electron chi connectivity index (χ0n) is 9.97. The maximum absolute atomic E-state index is 10.7. The van der Waals surface area contributed by atoms with Gasteiger partial charge >= 0.3 is 6.09 Å². The molecule has 5 nitrogen and oxygen atoms in total. The van der Waals surface area contributed by atoms with E-state index in [0.717, 1.165) is 17.7 Å². The first-order valence-electron chi connectivity index (χ1n) is 5.36. The molecule has 1 aromatic carbocycles. The van der Waals surface area contributed by atoms with Crippen LogP contribution in [0.4, 0.5) is 4.79 Å². The molecule has 5 heteroatoms. The number of amides is 1. The second kappa shape index (κ2) is 7.27. The third kappa shape index (κ3) is 5.01. The van der Waals surface area contributed by atoms with E-state index in [9.17, 15) is 4.79 Å². The van der Waals surface area contributed by atoms with Gasteiger partial charge in [0.15, 0.2) is 0 Å². The summed E-state index contributed by atoms with van der Waals surface area (Å²) in [5.41, 5.74) is 3.07. The third-order valence-corrected chi connectivity index (χ3v) is 1.91. The van der Waals surface area contributed by atoms with Crippen molar-refractivity contribution >= 4 is 12.3 Å². The smallest absolute Gasteiger partial charge is 0.427 e. The monoisotopic (exact) mass is 236 g/mol. The molecule has 17 heavy (non-hydrogen) atoms. The van der Waals surface area contributed by atoms with E-state index < -0.39 is 6.09 Å². The van der Waals surface area contributed by atoms with E-state index in [4.69, 9.17) is 4.74 Å². The first-order chi connectivity index (χ1) is 8.26. The van der Waals surface area contributed by atoms with Gasteiger partial charge in [-0.15, -0.1) is 0 Å². The first kappa shape index (κ1) is 13.0. The van der Waals surface area contributed by atoms with Gasteiger partial charge < -0.3 is 9.47 Å². The van der Waals surface area contributed by atoms with Gasteiger partial charge in [-0.1, -0.05) is 6.92 Å². The highest BCUT2D eigenvalue weighted by Gasteiger charge is 1.94. The minimum absolute atomic E-state index is 0.593. The number of nitrogens with one attached hydrogen (secondary N) is 1. The van der Waals surface area contributed by atoms with Crippen LogP contribution in [-0.2, 0) is 4.74 Å². The second-order valence-corrected chi connectivity index (χ2v) is 3.28. The van der Waals surface area contributed by atoms with Crippen LogP contribution in [0, 0.1) is 0 Å². The molecule has 1 N–H and O–H groups in total. The van der Waals surface area contributed by atoms with Gasteiger partial charge in [0.2, 0.25) is 0 Å². The van der Waals surface area contributed by atoms with E-state index in [1.54, 1.807) is 0 Å². The van der Waals surface area contributed by atoms with E-state index in [-0.39, 0.29) is 0 Å². The zero-order chi connectivity index (χ0) is 12.5. The van der Waals surface area contributed by atoms with Crippen molar-refractivity contribution in [1.82, 2.24) is 5.43 Å². The topological polar surface area (TPSA) is 59.9 Å². The molecular formula is C12H16N2O3. The molecule has 0 aliphatic carbocycles. The van der Waals surface area contributed by atoms with Crippen molar-refractivity contribution in [1.29, 1.82) is 0 Å². The predicted octanol–water partition coefficient (Wildman–Crippen LogP) is 2.17. The lowest BCUT2D eigenvalue weighted by atomic mass is 10.2. The van der Waals surface area contributed by atoms with Crippen LogP contribution >= 0.6 is 0 Å². The summed E-state index contributed by atoms with van der Waals surface area (Å²) in [6, 6.07) is 7.42. The van der Waals surface area contributed by atoms with Crippen molar-refractivity contribution in [2.75, 3.05) is 13.7 Å². The van der Waals surface area contributed by atoms with Gasteiger partial charge in [0.25, 0.3) is 0 Å². The Bertz CT molecular complexity index is 374. The quantitative estimate of drug-likeness (QED) is 0.629. The molecule has 1 rings (SSSR count). The van der Waals surface area contributed by atoms with E-state index in [0.29, 0.717) is 6.61 Å². The van der Waals surface area contributed by atoms with E-state index in [2.05, 4.69) is 22.2 Å². The van der Waals surface area contributed by atoms with Gasteiger partial charge in [-0.2, -0.15) is 5.10 Å². The van der Waals surface area contributed by atoms with Crippen molar-refractivity contribution in [2.45, 2.75) is 13.3 Å². The SMILES string of the molecule is CCCOc1ccc(C=NNC(=O)OC)cc1. The molecule has 0 bridgehead atoms. The normalized spacial score (nSPS) is 10.2. The number of hydrogen-bond acceptors (Lipinski definition) is 4. The number of hydrazone groups is 1. The van der Waals surface area contributed by atoms with Crippen molar-refractivity contribution in [3.63, 3.8) is 0 Å². The molecule has 0 aromatic heterocycles. The van der Waals surface area contributed by atoms with E-state index in [1.807, 2.05) is 24.3 Å². The summed E-state index contributed by atoms with van der Waals surface area (Å²) in [7, 11) is 1.28. The molecular weight excluding hydrogens is 220 g/mol. The molecule has 0 aliphatic heterocycles. The average Bonchev–Trinajstić information content (AvgIpc) is 2.37. The molecule has 0 atom stereocenters. The van der Waals surface area contributed by atoms with Crippen molar-refractivity contribution < 1.29 is 14.3 Å². The van der Waals surface area contributed by atoms with Crippen LogP contribution < -0.4 is 10.2 Å². The number of hydrogen-bond donors (Lipinski definition) is 1. The molecule has 0 aliphatic rings. The maximum atomic E-state index is 10.7. The Morgan fingerprint density at radius 2 is 2.12 bits per heavy atom. The number of carbonyl (C=O) groups is 1. The number of rotatable bonds is 5. The Hall–Kier alpha value is -2.04. The molecule has 0 saturated heterocycles. The number of methoxy groups -OCH3 is 1. The fourth-order valence-corrected chi connectivity index (χ4v) is 1.08. The summed E-state index contributed by atoms with van der Waals surface area (Å²) in [6.45, 7) is 2.76. The average molecular weight is 236 g/mol. The molecule has 92 valence electrons. The molecule has 0 heterocycles. The maximum Gasteiger partial charge on any atom is 0.427 e. The van der Waals surface area contributed by atoms with Gasteiger partial charge in [-0.05, 0) is 36.2 Å². The predicted molar refractivity (Wildman–Crippen MR) is 65.4 cm³/mol. The Morgan fingerprint density at radius 3 is 2.71 bits per heavy atom. The molecule has 0 unspecified atom stereocenters. The number of ether oxygens (including phenoxy) is 2. The summed E-state index contributed by atoms with van der Waals surface area (Å²) < 4.78 is 9.80. The molecule has 0 radical (unpaired) electrons. The van der Waals surface area contributed by atoms with Crippen molar-refractivity contribution in [2.24, 2.45) is 5.10 Å². The summed E-state index contributed by atoms with van der Waals surface area (Å²) in [5, 5.41) is 3.71. The largest absolute Gasteiger partial charge is 0.494 e. The number of carbonyl (C=O) groups excluding carboxylic acids is 1. The Labute approximate surface area is 100 Å². The minimum atomic E-state index is -0.593. The first-order valence-corrected chi connectivity index (χ1v) is 5.36. The third-order valence-electron chi connectivity index (χ3n) is 1.91. The lowest BCUT2D eigenvalue weighted by Crippen LogP contribution is -2.16. The highest BCUT2D eigenvalue weighted by atomic mass is 16.5. The second-order valence-electron chi connectivity index (χ2n) is 3.28. The number of benzene rings is 1. The minimum Gasteiger partial charge on any atom is -0.494 e. The van der Waals surface area contributed by atoms with Gasteiger partial charge in [-0.25, -0.2) is 10.2 Å². The standard InChI is InChI=1S/C12H16N2O3/c1-3-8-17-11-6-4-10(5-7-11)9-13-14-12(15)16-2/h4-7,9H,3,8H2,1-2H3,(H,14,15). The Kier molecular flexibility index (Phi) is 5.57. The molecule has 1 aromatic rings. The van der Waals surface area contributed by atoms with Crippen molar-refractivity contribution in [3.05, 3.63) is 29.8 Å². The highest BCUT2D eigenvalue weighted by Crippen LogP contribution is 2.11. The fourth-order valence-electron chi connectivity index (χ4n) is 1.08. The van der Waals surface area contributed by atoms with Crippen LogP contribution in [0.3, 0.4) is 0 Å².